The number of nitrogens with one attached hydrogen (secondary N) is 1. The number of sulfone groups is 1. The fourth-order valence-corrected chi connectivity index (χ4v) is 5.32. The molecule has 0 radical (unpaired) electrons. The van der Waals surface area contributed by atoms with Gasteiger partial charge in [0.05, 0.1) is 17.0 Å². The van der Waals surface area contributed by atoms with Crippen molar-refractivity contribution in [1.29, 1.82) is 0 Å². The van der Waals surface area contributed by atoms with E-state index in [4.69, 9.17) is 16.3 Å². The minimum Gasteiger partial charge on any atom is -0.484 e. The molecule has 1 atom stereocenters. The van der Waals surface area contributed by atoms with Crippen molar-refractivity contribution in [3.05, 3.63) is 64.7 Å². The summed E-state index contributed by atoms with van der Waals surface area (Å²) in [4.78, 5) is 24.5. The number of benzene rings is 2. The van der Waals surface area contributed by atoms with Gasteiger partial charge in [-0.25, -0.2) is 8.42 Å². The Kier molecular flexibility index (Phi) is 5.76. The van der Waals surface area contributed by atoms with Gasteiger partial charge in [-0.05, 0) is 61.9 Å². The van der Waals surface area contributed by atoms with Crippen molar-refractivity contribution in [1.82, 2.24) is 5.32 Å². The first kappa shape index (κ1) is 20.4. The van der Waals surface area contributed by atoms with Crippen LogP contribution in [-0.2, 0) is 14.6 Å². The van der Waals surface area contributed by atoms with Gasteiger partial charge in [0.25, 0.3) is 5.91 Å². The van der Waals surface area contributed by atoms with Gasteiger partial charge in [0.15, 0.2) is 22.2 Å². The van der Waals surface area contributed by atoms with Gasteiger partial charge in [-0.2, -0.15) is 0 Å². The highest BCUT2D eigenvalue weighted by atomic mass is 35.5. The van der Waals surface area contributed by atoms with Crippen molar-refractivity contribution in [3.8, 4) is 5.75 Å². The molecule has 1 heterocycles. The van der Waals surface area contributed by atoms with E-state index >= 15 is 0 Å². The van der Waals surface area contributed by atoms with Crippen LogP contribution in [0.15, 0.2) is 48.5 Å². The lowest BCUT2D eigenvalue weighted by Crippen LogP contribution is -2.48. The normalized spacial score (nSPS) is 20.5. The molecule has 3 rings (SSSR count). The van der Waals surface area contributed by atoms with Gasteiger partial charge in [0, 0.05) is 16.1 Å². The number of carbonyl (C=O) groups is 2. The summed E-state index contributed by atoms with van der Waals surface area (Å²) in [5.74, 6) is -0.0784. The lowest BCUT2D eigenvalue weighted by atomic mass is 10.0. The van der Waals surface area contributed by atoms with Gasteiger partial charge in [-0.15, -0.1) is 0 Å². The molecule has 1 saturated heterocycles. The van der Waals surface area contributed by atoms with Crippen LogP contribution in [0, 0.1) is 0 Å². The Hall–Kier alpha value is -2.38. The van der Waals surface area contributed by atoms with Crippen LogP contribution in [0.2, 0.25) is 5.02 Å². The number of carbonyl (C=O) groups excluding carboxylic acids is 2. The van der Waals surface area contributed by atoms with Crippen molar-refractivity contribution < 1.29 is 22.7 Å². The second-order valence-corrected chi connectivity index (χ2v) is 9.72. The third-order valence-corrected chi connectivity index (χ3v) is 6.69. The average Bonchev–Trinajstić information content (AvgIpc) is 2.93. The molecular formula is C20H20ClNO5S. The second-order valence-electron chi connectivity index (χ2n) is 7.10. The Morgan fingerprint density at radius 2 is 1.64 bits per heavy atom. The van der Waals surface area contributed by atoms with Gasteiger partial charge in [0.2, 0.25) is 0 Å². The van der Waals surface area contributed by atoms with E-state index in [1.807, 2.05) is 0 Å². The van der Waals surface area contributed by atoms with Crippen molar-refractivity contribution in [2.75, 3.05) is 18.1 Å². The van der Waals surface area contributed by atoms with Gasteiger partial charge in [0.1, 0.15) is 5.75 Å². The largest absolute Gasteiger partial charge is 0.484 e. The van der Waals surface area contributed by atoms with Crippen LogP contribution < -0.4 is 10.1 Å². The summed E-state index contributed by atoms with van der Waals surface area (Å²) in [6.45, 7) is 1.48. The molecule has 1 aliphatic rings. The van der Waals surface area contributed by atoms with Crippen LogP contribution in [-0.4, -0.2) is 43.8 Å². The van der Waals surface area contributed by atoms with E-state index in [1.165, 1.54) is 0 Å². The lowest BCUT2D eigenvalue weighted by molar-refractivity contribution is -0.124. The van der Waals surface area contributed by atoms with Crippen LogP contribution in [0.4, 0.5) is 0 Å². The predicted molar refractivity (Wildman–Crippen MR) is 107 cm³/mol. The molecule has 2 aromatic carbocycles. The molecule has 0 saturated carbocycles. The number of rotatable bonds is 6. The van der Waals surface area contributed by atoms with Crippen LogP contribution >= 0.6 is 11.6 Å². The summed E-state index contributed by atoms with van der Waals surface area (Å²) in [5.41, 5.74) is 0.258. The molecule has 1 N–H and O–H groups in total. The Morgan fingerprint density at radius 3 is 2.18 bits per heavy atom. The molecule has 0 aromatic heterocycles. The van der Waals surface area contributed by atoms with Gasteiger partial charge in [-0.3, -0.25) is 9.59 Å². The number of amides is 1. The zero-order chi connectivity index (χ0) is 20.4. The molecule has 0 aliphatic carbocycles. The molecule has 2 aromatic rings. The summed E-state index contributed by atoms with van der Waals surface area (Å²) in [6.07, 6.45) is 0.391. The SMILES string of the molecule is CC1(NC(=O)COc2ccc(C(=O)c3ccc(Cl)cc3)cc2)CCS(=O)(=O)C1. The third-order valence-electron chi connectivity index (χ3n) is 4.54. The zero-order valence-corrected chi connectivity index (χ0v) is 16.8. The van der Waals surface area contributed by atoms with E-state index in [-0.39, 0.29) is 29.8 Å². The van der Waals surface area contributed by atoms with E-state index in [2.05, 4.69) is 5.32 Å². The first-order valence-electron chi connectivity index (χ1n) is 8.70. The highest BCUT2D eigenvalue weighted by Gasteiger charge is 2.39. The minimum absolute atomic E-state index is 0.0623. The van der Waals surface area contributed by atoms with E-state index < -0.39 is 15.4 Å². The summed E-state index contributed by atoms with van der Waals surface area (Å²) >= 11 is 5.83. The fraction of sp³-hybridized carbons (Fsp3) is 0.300. The Labute approximate surface area is 168 Å². The van der Waals surface area contributed by atoms with E-state index in [9.17, 15) is 18.0 Å². The van der Waals surface area contributed by atoms with Crippen LogP contribution in [0.3, 0.4) is 0 Å². The summed E-state index contributed by atoms with van der Waals surface area (Å²) in [5, 5.41) is 3.29. The molecule has 8 heteroatoms. The first-order chi connectivity index (χ1) is 13.2. The number of ether oxygens (including phenoxy) is 1. The molecule has 0 bridgehead atoms. The summed E-state index contributed by atoms with van der Waals surface area (Å²) in [6, 6.07) is 13.1. The van der Waals surface area contributed by atoms with Crippen molar-refractivity contribution in [2.24, 2.45) is 0 Å². The molecule has 6 nitrogen and oxygen atoms in total. The van der Waals surface area contributed by atoms with Gasteiger partial charge < -0.3 is 10.1 Å². The van der Waals surface area contributed by atoms with Gasteiger partial charge in [-0.1, -0.05) is 11.6 Å². The second kappa shape index (κ2) is 7.93. The van der Waals surface area contributed by atoms with Gasteiger partial charge >= 0.3 is 0 Å². The van der Waals surface area contributed by atoms with E-state index in [1.54, 1.807) is 55.5 Å². The van der Waals surface area contributed by atoms with Crippen molar-refractivity contribution >= 4 is 33.1 Å². The highest BCUT2D eigenvalue weighted by molar-refractivity contribution is 7.91. The van der Waals surface area contributed by atoms with E-state index in [0.717, 1.165) is 0 Å². The topological polar surface area (TPSA) is 89.5 Å². The third kappa shape index (κ3) is 5.11. The Bertz CT molecular complexity index is 986. The molecule has 1 aliphatic heterocycles. The van der Waals surface area contributed by atoms with E-state index in [0.29, 0.717) is 28.3 Å². The number of halogens is 1. The fourth-order valence-electron chi connectivity index (χ4n) is 3.10. The summed E-state index contributed by atoms with van der Waals surface area (Å²) in [7, 11) is -3.10. The maximum atomic E-state index is 12.4. The molecular weight excluding hydrogens is 402 g/mol. The molecule has 148 valence electrons. The zero-order valence-electron chi connectivity index (χ0n) is 15.3. The lowest BCUT2D eigenvalue weighted by Gasteiger charge is -2.23. The Balaban J connectivity index is 1.55. The Morgan fingerprint density at radius 1 is 1.07 bits per heavy atom. The number of hydrogen-bond donors (Lipinski definition) is 1. The van der Waals surface area contributed by atoms with Crippen molar-refractivity contribution in [2.45, 2.75) is 18.9 Å². The maximum absolute atomic E-state index is 12.4. The number of ketones is 1. The maximum Gasteiger partial charge on any atom is 0.258 e. The molecule has 1 unspecified atom stereocenters. The first-order valence-corrected chi connectivity index (χ1v) is 10.9. The predicted octanol–water partition coefficient (Wildman–Crippen LogP) is 2.64. The molecule has 0 spiro atoms. The molecule has 1 amide bonds. The van der Waals surface area contributed by atoms with Crippen molar-refractivity contribution in [3.63, 3.8) is 0 Å². The van der Waals surface area contributed by atoms with Crippen LogP contribution in [0.1, 0.15) is 29.3 Å². The minimum atomic E-state index is -3.10. The standard InChI is InChI=1S/C20H20ClNO5S/c1-20(10-11-28(25,26)13-20)22-18(23)12-27-17-8-4-15(5-9-17)19(24)14-2-6-16(21)7-3-14/h2-9H,10-13H2,1H3,(H,22,23). The van der Waals surface area contributed by atoms with Crippen LogP contribution in [0.25, 0.3) is 0 Å². The number of hydrogen-bond acceptors (Lipinski definition) is 5. The molecule has 1 fully saturated rings. The van der Waals surface area contributed by atoms with Crippen LogP contribution in [0.5, 0.6) is 5.75 Å². The average molecular weight is 422 g/mol. The molecule has 28 heavy (non-hydrogen) atoms. The quantitative estimate of drug-likeness (QED) is 0.724. The highest BCUT2D eigenvalue weighted by Crippen LogP contribution is 2.23. The monoisotopic (exact) mass is 421 g/mol. The smallest absolute Gasteiger partial charge is 0.258 e. The summed E-state index contributed by atoms with van der Waals surface area (Å²) < 4.78 is 28.6.